The smallest absolute Gasteiger partial charge is 0.303 e. The first kappa shape index (κ1) is 34.8. The third-order valence-electron chi connectivity index (χ3n) is 11.9. The van der Waals surface area contributed by atoms with Crippen molar-refractivity contribution < 1.29 is 27.3 Å². The molecule has 3 atom stereocenters. The number of carbonyl (C=O) groups excluding carboxylic acids is 2. The van der Waals surface area contributed by atoms with Gasteiger partial charge in [-0.1, -0.05) is 44.3 Å². The molecule has 3 fully saturated rings. The van der Waals surface area contributed by atoms with Crippen molar-refractivity contribution >= 4 is 32.9 Å². The lowest BCUT2D eigenvalue weighted by atomic mass is 9.81. The predicted molar refractivity (Wildman–Crippen MR) is 196 cm³/mol. The molecule has 0 radical (unpaired) electrons. The van der Waals surface area contributed by atoms with Crippen LogP contribution in [0.3, 0.4) is 0 Å². The summed E-state index contributed by atoms with van der Waals surface area (Å²) < 4.78 is 42.3. The Labute approximate surface area is 305 Å². The summed E-state index contributed by atoms with van der Waals surface area (Å²) in [5.41, 5.74) is 4.87. The summed E-state index contributed by atoms with van der Waals surface area (Å²) >= 11 is 0. The lowest BCUT2D eigenvalue weighted by molar-refractivity contribution is -0.142. The number of likely N-dealkylation sites (tertiary alicyclic amines) is 1. The highest BCUT2D eigenvalue weighted by Gasteiger charge is 2.64. The van der Waals surface area contributed by atoms with Crippen molar-refractivity contribution in [1.82, 2.24) is 28.6 Å². The highest BCUT2D eigenvalue weighted by Crippen LogP contribution is 2.66. The molecule has 13 heteroatoms. The second-order valence-electron chi connectivity index (χ2n) is 15.7. The van der Waals surface area contributed by atoms with Gasteiger partial charge in [0.15, 0.2) is 5.82 Å². The van der Waals surface area contributed by atoms with E-state index in [0.29, 0.717) is 37.1 Å². The first-order chi connectivity index (χ1) is 24.9. The summed E-state index contributed by atoms with van der Waals surface area (Å²) in [6.07, 6.45) is 8.92. The predicted octanol–water partition coefficient (Wildman–Crippen LogP) is 6.65. The van der Waals surface area contributed by atoms with Crippen molar-refractivity contribution in [3.05, 3.63) is 64.8 Å². The summed E-state index contributed by atoms with van der Waals surface area (Å²) in [7, 11) is 0.433. The van der Waals surface area contributed by atoms with E-state index in [9.17, 15) is 13.2 Å². The molecular weight excluding hydrogens is 681 g/mol. The van der Waals surface area contributed by atoms with Crippen LogP contribution >= 0.6 is 0 Å². The van der Waals surface area contributed by atoms with Crippen LogP contribution in [0, 0.1) is 5.41 Å². The van der Waals surface area contributed by atoms with Gasteiger partial charge in [-0.3, -0.25) is 9.59 Å². The van der Waals surface area contributed by atoms with Crippen LogP contribution in [0.1, 0.15) is 129 Å². The second-order valence-corrected chi connectivity index (χ2v) is 17.5. The molecule has 2 saturated carbocycles. The van der Waals surface area contributed by atoms with Crippen LogP contribution in [0.25, 0.3) is 22.2 Å². The Morgan fingerprint density at radius 2 is 1.81 bits per heavy atom. The number of benzene rings is 2. The van der Waals surface area contributed by atoms with E-state index in [2.05, 4.69) is 26.6 Å². The number of fused-ring (bicyclic) bond motifs is 7. The van der Waals surface area contributed by atoms with Gasteiger partial charge in [-0.15, -0.1) is 0 Å². The topological polar surface area (TPSA) is 140 Å². The van der Waals surface area contributed by atoms with E-state index >= 15 is 4.79 Å². The summed E-state index contributed by atoms with van der Waals surface area (Å²) in [6, 6.07) is 11.5. The zero-order valence-electron chi connectivity index (χ0n) is 30.6. The van der Waals surface area contributed by atoms with Gasteiger partial charge in [-0.2, -0.15) is 17.7 Å². The molecule has 12 nitrogen and oxygen atoms in total. The van der Waals surface area contributed by atoms with E-state index in [1.165, 1.54) is 26.1 Å². The largest absolute Gasteiger partial charge is 0.497 e. The van der Waals surface area contributed by atoms with Gasteiger partial charge < -0.3 is 18.7 Å². The van der Waals surface area contributed by atoms with E-state index in [1.54, 1.807) is 13.2 Å². The van der Waals surface area contributed by atoms with Gasteiger partial charge in [-0.05, 0) is 85.9 Å². The third kappa shape index (κ3) is 5.71. The molecule has 0 bridgehead atoms. The average Bonchev–Trinajstić information content (AvgIpc) is 3.53. The van der Waals surface area contributed by atoms with Crippen molar-refractivity contribution in [2.45, 2.75) is 102 Å². The Morgan fingerprint density at radius 3 is 2.52 bits per heavy atom. The van der Waals surface area contributed by atoms with Crippen LogP contribution in [-0.2, 0) is 21.5 Å². The zero-order valence-corrected chi connectivity index (χ0v) is 31.5. The highest BCUT2D eigenvalue weighted by atomic mass is 32.2. The fraction of sp³-hybridized carbons (Fsp3) is 0.538. The van der Waals surface area contributed by atoms with Crippen molar-refractivity contribution in [3.63, 3.8) is 0 Å². The average molecular weight is 729 g/mol. The van der Waals surface area contributed by atoms with E-state index in [-0.39, 0.29) is 29.3 Å². The maximum atomic E-state index is 15.3. The summed E-state index contributed by atoms with van der Waals surface area (Å²) in [5, 5.41) is 5.28. The number of hydrogen-bond donors (Lipinski definition) is 1. The molecule has 2 aromatic carbocycles. The fourth-order valence-electron chi connectivity index (χ4n) is 9.02. The fourth-order valence-corrected chi connectivity index (χ4v) is 9.56. The summed E-state index contributed by atoms with van der Waals surface area (Å²) in [6.45, 7) is 5.09. The van der Waals surface area contributed by atoms with Crippen LogP contribution in [0.2, 0.25) is 0 Å². The first-order valence-electron chi connectivity index (χ1n) is 18.7. The molecule has 2 aliphatic carbocycles. The minimum absolute atomic E-state index is 0.0348. The number of aromatic nitrogens is 3. The first-order valence-corrected chi connectivity index (χ1v) is 20.1. The van der Waals surface area contributed by atoms with Crippen molar-refractivity contribution in [1.29, 1.82) is 0 Å². The Morgan fingerprint density at radius 1 is 1.04 bits per heavy atom. The van der Waals surface area contributed by atoms with Crippen LogP contribution in [0.5, 0.6) is 5.75 Å². The molecule has 4 aromatic rings. The van der Waals surface area contributed by atoms with Gasteiger partial charge >= 0.3 is 10.2 Å². The normalized spacial score (nSPS) is 23.2. The number of carbonyl (C=O) groups is 2. The lowest BCUT2D eigenvalue weighted by Gasteiger charge is -2.36. The number of nitrogens with one attached hydrogen (secondary N) is 1. The maximum Gasteiger partial charge on any atom is 0.303 e. The van der Waals surface area contributed by atoms with Gasteiger partial charge in [-0.25, -0.2) is 4.72 Å². The second kappa shape index (κ2) is 13.0. The summed E-state index contributed by atoms with van der Waals surface area (Å²) in [5.74, 6) is 1.66. The minimum Gasteiger partial charge on any atom is -0.497 e. The van der Waals surface area contributed by atoms with Gasteiger partial charge in [0.2, 0.25) is 11.8 Å². The molecule has 0 spiro atoms. The quantitative estimate of drug-likeness (QED) is 0.213. The van der Waals surface area contributed by atoms with Crippen molar-refractivity contribution in [2.75, 3.05) is 27.7 Å². The van der Waals surface area contributed by atoms with Crippen LogP contribution < -0.4 is 9.46 Å². The SMILES string of the molecule is COc1ccc2c(c1)C1CC1(C(=O)N1CCCCC1c1nc(C(C)C)no1)Cn1c-2c(C2CCCCC2)c2ccc(C(=O)NS(=O)(=O)N(C)C)cc21. The lowest BCUT2D eigenvalue weighted by Crippen LogP contribution is -2.44. The number of piperidine rings is 1. The minimum atomic E-state index is -4.00. The number of methoxy groups -OCH3 is 1. The molecule has 1 saturated heterocycles. The van der Waals surface area contributed by atoms with Gasteiger partial charge in [0.05, 0.1) is 18.2 Å². The Hall–Kier alpha value is -4.23. The zero-order chi connectivity index (χ0) is 36.5. The molecule has 2 aromatic heterocycles. The van der Waals surface area contributed by atoms with Crippen molar-refractivity contribution in [2.24, 2.45) is 5.41 Å². The molecule has 1 N–H and O–H groups in total. The molecule has 52 heavy (non-hydrogen) atoms. The van der Waals surface area contributed by atoms with E-state index < -0.39 is 21.5 Å². The Balaban J connectivity index is 1.30. The third-order valence-corrected chi connectivity index (χ3v) is 13.3. The highest BCUT2D eigenvalue weighted by molar-refractivity contribution is 7.87. The van der Waals surface area contributed by atoms with E-state index in [1.807, 2.05) is 36.9 Å². The van der Waals surface area contributed by atoms with Crippen molar-refractivity contribution in [3.8, 4) is 17.0 Å². The standard InChI is InChI=1S/C39H48N6O6S/c1-23(2)35-40-37(51-41-35)31-13-9-10-18-44(31)38(47)39-21-30(39)29-20-26(50-5)15-17-27(29)34-33(24-11-7-6-8-12-24)28-16-14-25(19-32(28)45(34)22-39)36(46)42-52(48,49)43(3)4/h14-17,19-20,23-24,30-31H,6-13,18,21-22H2,1-5H3,(H,42,46). The molecule has 4 aliphatic rings. The van der Waals surface area contributed by atoms with Crippen LogP contribution in [-0.4, -0.2) is 71.9 Å². The van der Waals surface area contributed by atoms with Crippen LogP contribution in [0.4, 0.5) is 0 Å². The Bertz CT molecular complexity index is 2170. The molecule has 8 rings (SSSR count). The van der Waals surface area contributed by atoms with Gasteiger partial charge in [0, 0.05) is 61.1 Å². The molecule has 2 aliphatic heterocycles. The van der Waals surface area contributed by atoms with Crippen LogP contribution in [0.15, 0.2) is 40.9 Å². The van der Waals surface area contributed by atoms with Gasteiger partial charge in [0.25, 0.3) is 5.91 Å². The molecule has 276 valence electrons. The molecule has 4 heterocycles. The monoisotopic (exact) mass is 728 g/mol. The maximum absolute atomic E-state index is 15.3. The van der Waals surface area contributed by atoms with E-state index in [4.69, 9.17) is 14.2 Å². The number of ether oxygens (including phenoxy) is 1. The Kier molecular flexibility index (Phi) is 8.72. The number of amides is 2. The molecule has 3 unspecified atom stereocenters. The molecular formula is C39H48N6O6S. The number of rotatable bonds is 8. The molecule has 2 amide bonds. The number of nitrogens with zero attached hydrogens (tertiary/aromatic N) is 5. The van der Waals surface area contributed by atoms with Gasteiger partial charge in [0.1, 0.15) is 11.8 Å². The summed E-state index contributed by atoms with van der Waals surface area (Å²) in [4.78, 5) is 35.5. The number of hydrogen-bond acceptors (Lipinski definition) is 8. The van der Waals surface area contributed by atoms with E-state index in [0.717, 1.165) is 82.7 Å².